The number of nitrogens with zero attached hydrogens (tertiary/aromatic N) is 2. The summed E-state index contributed by atoms with van der Waals surface area (Å²) in [5, 5.41) is 3.24. The molecule has 66 valence electrons. The Morgan fingerprint density at radius 1 is 1.75 bits per heavy atom. The molecule has 1 aromatic heterocycles. The van der Waals surface area contributed by atoms with E-state index in [2.05, 4.69) is 14.9 Å². The highest BCUT2D eigenvalue weighted by atomic mass is 16.5. The van der Waals surface area contributed by atoms with Crippen LogP contribution in [-0.4, -0.2) is 23.2 Å². The molecule has 0 bridgehead atoms. The van der Waals surface area contributed by atoms with Gasteiger partial charge in [-0.3, -0.25) is 0 Å². The summed E-state index contributed by atoms with van der Waals surface area (Å²) in [6, 6.07) is 0. The van der Waals surface area contributed by atoms with Crippen molar-refractivity contribution in [2.24, 2.45) is 0 Å². The van der Waals surface area contributed by atoms with E-state index in [1.54, 1.807) is 7.11 Å². The minimum absolute atomic E-state index is 0.599. The van der Waals surface area contributed by atoms with Crippen molar-refractivity contribution in [2.45, 2.75) is 19.6 Å². The zero-order chi connectivity index (χ0) is 8.39. The number of imidazole rings is 1. The van der Waals surface area contributed by atoms with Gasteiger partial charge >= 0.3 is 0 Å². The second-order valence-electron chi connectivity index (χ2n) is 2.96. The monoisotopic (exact) mass is 167 g/mol. The van der Waals surface area contributed by atoms with Crippen molar-refractivity contribution in [3.05, 3.63) is 11.9 Å². The van der Waals surface area contributed by atoms with Gasteiger partial charge in [-0.1, -0.05) is 0 Å². The van der Waals surface area contributed by atoms with Gasteiger partial charge in [-0.25, -0.2) is 4.98 Å². The lowest BCUT2D eigenvalue weighted by Crippen LogP contribution is -2.16. The lowest BCUT2D eigenvalue weighted by molar-refractivity contribution is 0.182. The van der Waals surface area contributed by atoms with Crippen molar-refractivity contribution < 1.29 is 4.74 Å². The van der Waals surface area contributed by atoms with Crippen molar-refractivity contribution in [3.63, 3.8) is 0 Å². The van der Waals surface area contributed by atoms with E-state index in [9.17, 15) is 0 Å². The fraction of sp³-hybridized carbons (Fsp3) is 0.625. The quantitative estimate of drug-likeness (QED) is 0.709. The van der Waals surface area contributed by atoms with Crippen LogP contribution in [0.4, 0.5) is 5.95 Å². The Morgan fingerprint density at radius 2 is 2.67 bits per heavy atom. The highest BCUT2D eigenvalue weighted by molar-refractivity contribution is 5.30. The highest BCUT2D eigenvalue weighted by Crippen LogP contribution is 2.14. The molecular weight excluding hydrogens is 154 g/mol. The molecule has 0 saturated carbocycles. The molecule has 0 spiro atoms. The zero-order valence-electron chi connectivity index (χ0n) is 7.21. The molecule has 1 aliphatic heterocycles. The molecule has 0 atom stereocenters. The first-order chi connectivity index (χ1) is 5.90. The SMILES string of the molecule is COCc1cn2c(n1)NCCC2. The molecule has 0 aliphatic carbocycles. The fourth-order valence-corrected chi connectivity index (χ4v) is 1.45. The van der Waals surface area contributed by atoms with Crippen molar-refractivity contribution >= 4 is 5.95 Å². The Bertz CT molecular complexity index is 246. The molecule has 2 heterocycles. The van der Waals surface area contributed by atoms with Crippen LogP contribution in [0.5, 0.6) is 0 Å². The number of hydrogen-bond acceptors (Lipinski definition) is 3. The van der Waals surface area contributed by atoms with Crippen LogP contribution in [0.1, 0.15) is 12.1 Å². The second kappa shape index (κ2) is 3.15. The van der Waals surface area contributed by atoms with Gasteiger partial charge in [0.05, 0.1) is 12.3 Å². The first-order valence-corrected chi connectivity index (χ1v) is 4.19. The number of aromatic nitrogens is 2. The maximum Gasteiger partial charge on any atom is 0.203 e. The van der Waals surface area contributed by atoms with E-state index in [0.717, 1.165) is 24.7 Å². The number of anilines is 1. The fourth-order valence-electron chi connectivity index (χ4n) is 1.45. The van der Waals surface area contributed by atoms with Crippen molar-refractivity contribution in [3.8, 4) is 0 Å². The van der Waals surface area contributed by atoms with Crippen LogP contribution in [0.15, 0.2) is 6.20 Å². The van der Waals surface area contributed by atoms with Crippen molar-refractivity contribution in [1.82, 2.24) is 9.55 Å². The summed E-state index contributed by atoms with van der Waals surface area (Å²) < 4.78 is 7.14. The molecular formula is C8H13N3O. The van der Waals surface area contributed by atoms with E-state index in [1.807, 2.05) is 6.20 Å². The summed E-state index contributed by atoms with van der Waals surface area (Å²) >= 11 is 0. The van der Waals surface area contributed by atoms with Crippen LogP contribution < -0.4 is 5.32 Å². The van der Waals surface area contributed by atoms with E-state index in [0.29, 0.717) is 6.61 Å². The number of nitrogens with one attached hydrogen (secondary N) is 1. The summed E-state index contributed by atoms with van der Waals surface area (Å²) in [5.74, 6) is 0.980. The normalized spacial score (nSPS) is 15.4. The molecule has 0 unspecified atom stereocenters. The zero-order valence-corrected chi connectivity index (χ0v) is 7.21. The van der Waals surface area contributed by atoms with Gasteiger partial charge in [-0.05, 0) is 6.42 Å². The minimum atomic E-state index is 0.599. The number of hydrogen-bond donors (Lipinski definition) is 1. The smallest absolute Gasteiger partial charge is 0.203 e. The van der Waals surface area contributed by atoms with Gasteiger partial charge in [0.1, 0.15) is 0 Å². The van der Waals surface area contributed by atoms with Gasteiger partial charge in [0, 0.05) is 26.4 Å². The van der Waals surface area contributed by atoms with Gasteiger partial charge in [-0.15, -0.1) is 0 Å². The molecule has 12 heavy (non-hydrogen) atoms. The lowest BCUT2D eigenvalue weighted by Gasteiger charge is -2.14. The summed E-state index contributed by atoms with van der Waals surface area (Å²) in [7, 11) is 1.69. The Balaban J connectivity index is 2.20. The summed E-state index contributed by atoms with van der Waals surface area (Å²) in [5.41, 5.74) is 1.00. The molecule has 0 radical (unpaired) electrons. The molecule has 4 heteroatoms. The Kier molecular flexibility index (Phi) is 1.99. The van der Waals surface area contributed by atoms with Gasteiger partial charge in [-0.2, -0.15) is 0 Å². The molecule has 0 fully saturated rings. The van der Waals surface area contributed by atoms with E-state index in [1.165, 1.54) is 6.42 Å². The third-order valence-corrected chi connectivity index (χ3v) is 1.98. The van der Waals surface area contributed by atoms with Gasteiger partial charge < -0.3 is 14.6 Å². The standard InChI is InChI=1S/C8H13N3O/c1-12-6-7-5-11-4-2-3-9-8(11)10-7/h5H,2-4,6H2,1H3,(H,9,10). The van der Waals surface area contributed by atoms with Crippen LogP contribution in [-0.2, 0) is 17.9 Å². The maximum absolute atomic E-state index is 5.00. The van der Waals surface area contributed by atoms with Crippen molar-refractivity contribution in [1.29, 1.82) is 0 Å². The molecule has 4 nitrogen and oxygen atoms in total. The topological polar surface area (TPSA) is 39.1 Å². The van der Waals surface area contributed by atoms with E-state index >= 15 is 0 Å². The predicted octanol–water partition coefficient (Wildman–Crippen LogP) is 0.845. The minimum Gasteiger partial charge on any atom is -0.378 e. The molecule has 0 saturated heterocycles. The van der Waals surface area contributed by atoms with Crippen LogP contribution in [0.2, 0.25) is 0 Å². The first-order valence-electron chi connectivity index (χ1n) is 4.19. The van der Waals surface area contributed by atoms with Crippen LogP contribution in [0.3, 0.4) is 0 Å². The van der Waals surface area contributed by atoms with E-state index in [-0.39, 0.29) is 0 Å². The molecule has 1 aromatic rings. The molecule has 2 rings (SSSR count). The number of aryl methyl sites for hydroxylation is 1. The molecule has 0 aromatic carbocycles. The number of methoxy groups -OCH3 is 1. The second-order valence-corrected chi connectivity index (χ2v) is 2.96. The summed E-state index contributed by atoms with van der Waals surface area (Å²) in [6.45, 7) is 2.70. The Labute approximate surface area is 71.6 Å². The predicted molar refractivity (Wildman–Crippen MR) is 46.0 cm³/mol. The molecule has 1 aliphatic rings. The number of ether oxygens (including phenoxy) is 1. The van der Waals surface area contributed by atoms with Gasteiger partial charge in [0.2, 0.25) is 5.95 Å². The Morgan fingerprint density at radius 3 is 3.42 bits per heavy atom. The van der Waals surface area contributed by atoms with Gasteiger partial charge in [0.25, 0.3) is 0 Å². The van der Waals surface area contributed by atoms with Crippen molar-refractivity contribution in [2.75, 3.05) is 19.0 Å². The van der Waals surface area contributed by atoms with E-state index in [4.69, 9.17) is 4.74 Å². The van der Waals surface area contributed by atoms with E-state index < -0.39 is 0 Å². The molecule has 1 N–H and O–H groups in total. The van der Waals surface area contributed by atoms with Gasteiger partial charge in [0.15, 0.2) is 0 Å². The average molecular weight is 167 g/mol. The number of rotatable bonds is 2. The van der Waals surface area contributed by atoms with Crippen LogP contribution in [0.25, 0.3) is 0 Å². The average Bonchev–Trinajstić information content (AvgIpc) is 2.47. The highest BCUT2D eigenvalue weighted by Gasteiger charge is 2.10. The largest absolute Gasteiger partial charge is 0.378 e. The number of fused-ring (bicyclic) bond motifs is 1. The van der Waals surface area contributed by atoms with Crippen LogP contribution >= 0.6 is 0 Å². The third-order valence-electron chi connectivity index (χ3n) is 1.98. The lowest BCUT2D eigenvalue weighted by atomic mass is 10.4. The summed E-state index contributed by atoms with van der Waals surface area (Å²) in [4.78, 5) is 4.37. The first kappa shape index (κ1) is 7.61. The maximum atomic E-state index is 5.00. The summed E-state index contributed by atoms with van der Waals surface area (Å²) in [6.07, 6.45) is 3.22. The molecule has 0 amide bonds. The third kappa shape index (κ3) is 1.30. The Hall–Kier alpha value is -1.03. The van der Waals surface area contributed by atoms with Crippen LogP contribution in [0, 0.1) is 0 Å².